The van der Waals surface area contributed by atoms with Gasteiger partial charge < -0.3 is 4.12 Å². The van der Waals surface area contributed by atoms with Gasteiger partial charge in [-0.15, -0.1) is 13.2 Å². The molecule has 0 bridgehead atoms. The van der Waals surface area contributed by atoms with E-state index in [1.807, 2.05) is 12.2 Å². The first-order valence-corrected chi connectivity index (χ1v) is 13.4. The summed E-state index contributed by atoms with van der Waals surface area (Å²) in [4.78, 5) is 0. The lowest BCUT2D eigenvalue weighted by atomic mass is 10.4. The maximum atomic E-state index is 6.98. The van der Waals surface area contributed by atoms with Crippen LogP contribution in [-0.4, -0.2) is 16.6 Å². The molecule has 2 aromatic rings. The molecule has 0 aliphatic rings. The molecule has 2 rings (SSSR count). The van der Waals surface area contributed by atoms with Crippen molar-refractivity contribution in [2.75, 3.05) is 0 Å². The van der Waals surface area contributed by atoms with E-state index in [2.05, 4.69) is 93.5 Å². The highest BCUT2D eigenvalue weighted by atomic mass is 28.4. The van der Waals surface area contributed by atoms with Gasteiger partial charge in [0.05, 0.1) is 0 Å². The maximum absolute atomic E-state index is 6.98. The lowest BCUT2D eigenvalue weighted by Crippen LogP contribution is -2.63. The van der Waals surface area contributed by atoms with Gasteiger partial charge in [0.2, 0.25) is 8.32 Å². The van der Waals surface area contributed by atoms with Gasteiger partial charge in [0, 0.05) is 5.54 Å². The van der Waals surface area contributed by atoms with E-state index in [9.17, 15) is 0 Å². The Labute approximate surface area is 142 Å². The van der Waals surface area contributed by atoms with Crippen LogP contribution in [-0.2, 0) is 4.12 Å². The molecule has 0 saturated heterocycles. The van der Waals surface area contributed by atoms with Crippen LogP contribution in [0.4, 0.5) is 0 Å². The van der Waals surface area contributed by atoms with Crippen molar-refractivity contribution in [1.82, 2.24) is 0 Å². The highest BCUT2D eigenvalue weighted by Gasteiger charge is 2.42. The van der Waals surface area contributed by atoms with E-state index >= 15 is 0 Å². The summed E-state index contributed by atoms with van der Waals surface area (Å²) < 4.78 is 6.98. The van der Waals surface area contributed by atoms with Gasteiger partial charge in [-0.2, -0.15) is 0 Å². The first-order valence-electron chi connectivity index (χ1n) is 8.00. The average Bonchev–Trinajstić information content (AvgIpc) is 2.57. The van der Waals surface area contributed by atoms with Crippen LogP contribution in [0.1, 0.15) is 0 Å². The van der Waals surface area contributed by atoms with Gasteiger partial charge in [-0.3, -0.25) is 0 Å². The Hall–Kier alpha value is -1.69. The second kappa shape index (κ2) is 7.26. The summed E-state index contributed by atoms with van der Waals surface area (Å²) in [6.45, 7) is 14.8. The number of rotatable bonds is 7. The third-order valence-corrected chi connectivity index (χ3v) is 13.1. The molecule has 0 radical (unpaired) electrons. The van der Waals surface area contributed by atoms with E-state index in [4.69, 9.17) is 4.12 Å². The summed E-state index contributed by atoms with van der Waals surface area (Å²) in [5.74, 6) is 0. The molecule has 3 heteroatoms. The van der Waals surface area contributed by atoms with Crippen molar-refractivity contribution >= 4 is 27.0 Å². The molecule has 2 aromatic carbocycles. The summed E-state index contributed by atoms with van der Waals surface area (Å²) in [6.07, 6.45) is 3.95. The zero-order chi connectivity index (χ0) is 16.9. The van der Waals surface area contributed by atoms with Crippen LogP contribution in [0.2, 0.25) is 25.2 Å². The number of allylic oxidation sites excluding steroid dienone is 2. The van der Waals surface area contributed by atoms with Crippen LogP contribution in [0.5, 0.6) is 0 Å². The van der Waals surface area contributed by atoms with Gasteiger partial charge >= 0.3 is 0 Å². The van der Waals surface area contributed by atoms with E-state index in [1.54, 1.807) is 0 Å². The van der Waals surface area contributed by atoms with Crippen molar-refractivity contribution < 1.29 is 4.12 Å². The molecule has 0 aliphatic heterocycles. The third kappa shape index (κ3) is 3.81. The summed E-state index contributed by atoms with van der Waals surface area (Å²) in [6, 6.07) is 21.3. The fraction of sp³-hybridized carbons (Fsp3) is 0.200. The second-order valence-electron chi connectivity index (χ2n) is 6.47. The number of hydrogen-bond acceptors (Lipinski definition) is 1. The van der Waals surface area contributed by atoms with Crippen LogP contribution in [0.15, 0.2) is 86.0 Å². The Kier molecular flexibility index (Phi) is 5.57. The minimum Gasteiger partial charge on any atom is -0.448 e. The summed E-state index contributed by atoms with van der Waals surface area (Å²) in [5, 5.41) is 2.61. The summed E-state index contributed by atoms with van der Waals surface area (Å²) in [7, 11) is -4.27. The molecule has 0 amide bonds. The van der Waals surface area contributed by atoms with E-state index in [1.165, 1.54) is 10.4 Å². The zero-order valence-electron chi connectivity index (χ0n) is 14.3. The van der Waals surface area contributed by atoms with Gasteiger partial charge in [-0.05, 0) is 30.0 Å². The number of benzene rings is 2. The summed E-state index contributed by atoms with van der Waals surface area (Å²) >= 11 is 0. The normalized spacial score (nSPS) is 12.2. The molecule has 0 unspecified atom stereocenters. The molecule has 0 fully saturated rings. The summed E-state index contributed by atoms with van der Waals surface area (Å²) in [5.41, 5.74) is 0.238. The third-order valence-electron chi connectivity index (χ3n) is 4.43. The first kappa shape index (κ1) is 17.7. The van der Waals surface area contributed by atoms with Gasteiger partial charge in [-0.25, -0.2) is 0 Å². The van der Waals surface area contributed by atoms with E-state index in [-0.39, 0.29) is 5.54 Å². The Balaban J connectivity index is 2.51. The molecule has 0 heterocycles. The topological polar surface area (TPSA) is 9.23 Å². The molecule has 120 valence electrons. The van der Waals surface area contributed by atoms with Gasteiger partial charge in [0.25, 0.3) is 0 Å². The van der Waals surface area contributed by atoms with Gasteiger partial charge in [0.1, 0.15) is 0 Å². The van der Waals surface area contributed by atoms with Gasteiger partial charge in [-0.1, -0.05) is 72.8 Å². The van der Waals surface area contributed by atoms with Crippen LogP contribution in [0.25, 0.3) is 0 Å². The standard InChI is InChI=1S/C20H26OSi2/c1-6-18(7-2)22(3,4)21-23(5,19-14-10-8-11-15-19)20-16-12-9-13-17-20/h6-18H,1-2H2,3-5H3. The van der Waals surface area contributed by atoms with E-state index in [0.717, 1.165) is 0 Å². The highest BCUT2D eigenvalue weighted by Crippen LogP contribution is 2.28. The van der Waals surface area contributed by atoms with Crippen LogP contribution >= 0.6 is 0 Å². The monoisotopic (exact) mass is 338 g/mol. The average molecular weight is 339 g/mol. The SMILES string of the molecule is C=CC(C=C)[Si](C)(C)O[Si](C)(c1ccccc1)c1ccccc1. The van der Waals surface area contributed by atoms with Gasteiger partial charge in [0.15, 0.2) is 8.32 Å². The van der Waals surface area contributed by atoms with E-state index < -0.39 is 16.6 Å². The van der Waals surface area contributed by atoms with E-state index in [0.29, 0.717) is 0 Å². The van der Waals surface area contributed by atoms with Crippen molar-refractivity contribution in [3.63, 3.8) is 0 Å². The van der Waals surface area contributed by atoms with Crippen molar-refractivity contribution in [3.05, 3.63) is 86.0 Å². The maximum Gasteiger partial charge on any atom is 0.241 e. The fourth-order valence-electron chi connectivity index (χ4n) is 3.05. The first-order chi connectivity index (χ1) is 10.9. The van der Waals surface area contributed by atoms with Crippen LogP contribution < -0.4 is 10.4 Å². The van der Waals surface area contributed by atoms with Crippen molar-refractivity contribution in [2.45, 2.75) is 25.2 Å². The lowest BCUT2D eigenvalue weighted by Gasteiger charge is -2.39. The lowest BCUT2D eigenvalue weighted by molar-refractivity contribution is 0.558. The van der Waals surface area contributed by atoms with Crippen molar-refractivity contribution in [2.24, 2.45) is 0 Å². The molecule has 0 aromatic heterocycles. The van der Waals surface area contributed by atoms with Crippen LogP contribution in [0.3, 0.4) is 0 Å². The molecular formula is C20H26OSi2. The second-order valence-corrected chi connectivity index (χ2v) is 14.4. The Morgan fingerprint density at radius 1 is 0.783 bits per heavy atom. The Morgan fingerprint density at radius 2 is 1.17 bits per heavy atom. The largest absolute Gasteiger partial charge is 0.448 e. The molecule has 0 atom stereocenters. The molecule has 23 heavy (non-hydrogen) atoms. The predicted molar refractivity (Wildman–Crippen MR) is 106 cm³/mol. The molecule has 0 spiro atoms. The molecule has 0 saturated carbocycles. The molecule has 1 nitrogen and oxygen atoms in total. The Morgan fingerprint density at radius 3 is 1.52 bits per heavy atom. The minimum absolute atomic E-state index is 0.238. The van der Waals surface area contributed by atoms with Crippen LogP contribution in [0, 0.1) is 0 Å². The zero-order valence-corrected chi connectivity index (χ0v) is 16.3. The quantitative estimate of drug-likeness (QED) is 0.539. The predicted octanol–water partition coefficient (Wildman–Crippen LogP) is 4.34. The molecule has 0 N–H and O–H groups in total. The van der Waals surface area contributed by atoms with Crippen molar-refractivity contribution in [3.8, 4) is 0 Å². The van der Waals surface area contributed by atoms with Crippen molar-refractivity contribution in [1.29, 1.82) is 0 Å². The number of hydrogen-bond donors (Lipinski definition) is 0. The minimum atomic E-state index is -2.27. The fourth-order valence-corrected chi connectivity index (χ4v) is 11.9. The Bertz CT molecular complexity index is 602. The molecule has 0 aliphatic carbocycles. The highest BCUT2D eigenvalue weighted by molar-refractivity contribution is 7.01. The molecular weight excluding hydrogens is 312 g/mol. The smallest absolute Gasteiger partial charge is 0.241 e.